The van der Waals surface area contributed by atoms with Gasteiger partial charge in [-0.1, -0.05) is 0 Å². The summed E-state index contributed by atoms with van der Waals surface area (Å²) in [6.45, 7) is 0. The summed E-state index contributed by atoms with van der Waals surface area (Å²) in [6, 6.07) is 0. The molecule has 0 radical (unpaired) electrons. The van der Waals surface area contributed by atoms with Gasteiger partial charge in [-0.05, 0) is 5.75 Å². The minimum absolute atomic E-state index is 0.786. The van der Waals surface area contributed by atoms with Crippen LogP contribution in [0.25, 0.3) is 0 Å². The van der Waals surface area contributed by atoms with Gasteiger partial charge in [-0.15, -0.1) is 47.0 Å². The summed E-state index contributed by atoms with van der Waals surface area (Å²) in [5.41, 5.74) is 0. The Labute approximate surface area is 84.8 Å². The highest BCUT2D eigenvalue weighted by Crippen LogP contribution is 2.42. The molecule has 60 valence electrons. The van der Waals surface area contributed by atoms with E-state index in [9.17, 15) is 0 Å². The maximum atomic E-state index is 4.18. The Hall–Kier alpha value is 1.75. The van der Waals surface area contributed by atoms with Gasteiger partial charge in [0.05, 0.1) is 3.91 Å². The van der Waals surface area contributed by atoms with Crippen molar-refractivity contribution in [2.24, 2.45) is 0 Å². The van der Waals surface area contributed by atoms with Crippen LogP contribution < -0.4 is 0 Å². The third kappa shape index (κ3) is 3.95. The summed E-state index contributed by atoms with van der Waals surface area (Å²) in [6.07, 6.45) is 0. The van der Waals surface area contributed by atoms with Gasteiger partial charge in [-0.25, -0.2) is 0 Å². The van der Waals surface area contributed by atoms with E-state index in [1.165, 1.54) is 15.9 Å². The number of rotatable bonds is 3. The first-order valence-electron chi connectivity index (χ1n) is 2.97. The van der Waals surface area contributed by atoms with Crippen LogP contribution in [0.1, 0.15) is 0 Å². The topological polar surface area (TPSA) is 0 Å². The van der Waals surface area contributed by atoms with Crippen LogP contribution in [-0.4, -0.2) is 25.6 Å². The van der Waals surface area contributed by atoms with Crippen LogP contribution >= 0.6 is 59.7 Å². The second-order valence-electron chi connectivity index (χ2n) is 1.66. The van der Waals surface area contributed by atoms with Gasteiger partial charge in [-0.2, -0.15) is 12.6 Å². The molecule has 0 nitrogen and oxygen atoms in total. The lowest BCUT2D eigenvalue weighted by Gasteiger charge is -2.19. The van der Waals surface area contributed by atoms with Crippen molar-refractivity contribution in [3.8, 4) is 0 Å². The highest BCUT2D eigenvalue weighted by molar-refractivity contribution is 8.40. The fraction of sp³-hybridized carbons (Fsp3) is 1.00. The van der Waals surface area contributed by atoms with E-state index in [2.05, 4.69) is 36.2 Å². The molecule has 0 aliphatic carbocycles. The van der Waals surface area contributed by atoms with E-state index in [-0.39, 0.29) is 0 Å². The van der Waals surface area contributed by atoms with Crippen LogP contribution in [0.5, 0.6) is 0 Å². The smallest absolute Gasteiger partial charge is 0.0972 e. The van der Waals surface area contributed by atoms with Crippen LogP contribution in [0, 0.1) is 0 Å². The first kappa shape index (κ1) is 9.84. The number of thioether (sulfide) groups is 4. The summed E-state index contributed by atoms with van der Waals surface area (Å²) < 4.78 is 0.786. The molecule has 1 aliphatic heterocycles. The molecule has 0 aromatic heterocycles. The van der Waals surface area contributed by atoms with Crippen molar-refractivity contribution in [3.05, 3.63) is 0 Å². The van der Waals surface area contributed by atoms with Crippen LogP contribution in [0.3, 0.4) is 0 Å². The molecule has 0 unspecified atom stereocenters. The van der Waals surface area contributed by atoms with Crippen LogP contribution in [0.4, 0.5) is 0 Å². The standard InChI is InChI=1S/C5H10S5/c6-1-2-8-5-9-3-7-4-10-5/h5-6H,1-4H2. The van der Waals surface area contributed by atoms with E-state index >= 15 is 0 Å². The maximum Gasteiger partial charge on any atom is 0.0972 e. The van der Waals surface area contributed by atoms with Gasteiger partial charge >= 0.3 is 0 Å². The predicted octanol–water partition coefficient (Wildman–Crippen LogP) is 3.06. The van der Waals surface area contributed by atoms with Crippen molar-refractivity contribution in [1.82, 2.24) is 0 Å². The Balaban J connectivity index is 2.02. The van der Waals surface area contributed by atoms with Crippen LogP contribution in [-0.2, 0) is 0 Å². The summed E-state index contributed by atoms with van der Waals surface area (Å²) in [5, 5.41) is 2.55. The SMILES string of the molecule is SCCSC1SCSCS1. The quantitative estimate of drug-likeness (QED) is 0.740. The lowest BCUT2D eigenvalue weighted by Crippen LogP contribution is -1.99. The highest BCUT2D eigenvalue weighted by Gasteiger charge is 2.13. The van der Waals surface area contributed by atoms with Gasteiger partial charge in [0.15, 0.2) is 0 Å². The van der Waals surface area contributed by atoms with Gasteiger partial charge in [-0.3, -0.25) is 0 Å². The van der Waals surface area contributed by atoms with Crippen molar-refractivity contribution < 1.29 is 0 Å². The first-order chi connectivity index (χ1) is 4.93. The zero-order valence-corrected chi connectivity index (χ0v) is 9.65. The molecule has 0 aromatic rings. The van der Waals surface area contributed by atoms with Crippen molar-refractivity contribution in [3.63, 3.8) is 0 Å². The van der Waals surface area contributed by atoms with Gasteiger partial charge in [0.25, 0.3) is 0 Å². The third-order valence-corrected chi connectivity index (χ3v) is 7.57. The van der Waals surface area contributed by atoms with Crippen molar-refractivity contribution in [2.75, 3.05) is 21.7 Å². The van der Waals surface area contributed by atoms with E-state index in [1.807, 2.05) is 23.5 Å². The summed E-state index contributed by atoms with van der Waals surface area (Å²) in [5.74, 6) is 2.20. The zero-order chi connectivity index (χ0) is 7.23. The molecule has 1 heterocycles. The Kier molecular flexibility index (Phi) is 6.18. The summed E-state index contributed by atoms with van der Waals surface area (Å²) in [4.78, 5) is 0. The highest BCUT2D eigenvalue weighted by atomic mass is 32.3. The summed E-state index contributed by atoms with van der Waals surface area (Å²) in [7, 11) is 0. The molecular formula is C5H10S5. The largest absolute Gasteiger partial charge is 0.179 e. The molecular weight excluding hydrogens is 220 g/mol. The van der Waals surface area contributed by atoms with Gasteiger partial charge in [0, 0.05) is 15.9 Å². The van der Waals surface area contributed by atoms with Crippen LogP contribution in [0.15, 0.2) is 0 Å². The van der Waals surface area contributed by atoms with Crippen molar-refractivity contribution >= 4 is 59.7 Å². The molecule has 0 N–H and O–H groups in total. The monoisotopic (exact) mass is 230 g/mol. The molecule has 1 aliphatic rings. The maximum absolute atomic E-state index is 4.18. The first-order valence-corrected chi connectivity index (χ1v) is 7.90. The van der Waals surface area contributed by atoms with Gasteiger partial charge in [0.1, 0.15) is 0 Å². The fourth-order valence-electron chi connectivity index (χ4n) is 0.535. The minimum atomic E-state index is 0.786. The average molecular weight is 230 g/mol. The molecule has 0 aromatic carbocycles. The number of thiol groups is 1. The van der Waals surface area contributed by atoms with Crippen molar-refractivity contribution in [1.29, 1.82) is 0 Å². The summed E-state index contributed by atoms with van der Waals surface area (Å²) >= 11 is 12.4. The molecule has 1 saturated heterocycles. The fourth-order valence-corrected chi connectivity index (χ4v) is 7.42. The lowest BCUT2D eigenvalue weighted by atomic mass is 11.0. The van der Waals surface area contributed by atoms with E-state index < -0.39 is 0 Å². The Bertz CT molecular complexity index is 80.1. The molecule has 0 spiro atoms. The second-order valence-corrected chi connectivity index (χ2v) is 8.11. The lowest BCUT2D eigenvalue weighted by molar-refractivity contribution is 1.56. The molecule has 0 saturated carbocycles. The molecule has 5 heteroatoms. The van der Waals surface area contributed by atoms with E-state index in [0.29, 0.717) is 0 Å². The zero-order valence-electron chi connectivity index (χ0n) is 5.49. The van der Waals surface area contributed by atoms with E-state index in [4.69, 9.17) is 0 Å². The van der Waals surface area contributed by atoms with Gasteiger partial charge in [0.2, 0.25) is 0 Å². The molecule has 0 amide bonds. The van der Waals surface area contributed by atoms with E-state index in [1.54, 1.807) is 0 Å². The Morgan fingerprint density at radius 2 is 2.10 bits per heavy atom. The number of hydrogen-bond donors (Lipinski definition) is 1. The molecule has 1 fully saturated rings. The average Bonchev–Trinajstić information content (AvgIpc) is 2.03. The molecule has 1 rings (SSSR count). The normalized spacial score (nSPS) is 21.3. The minimum Gasteiger partial charge on any atom is -0.179 e. The van der Waals surface area contributed by atoms with Crippen LogP contribution in [0.2, 0.25) is 0 Å². The number of hydrogen-bond acceptors (Lipinski definition) is 5. The van der Waals surface area contributed by atoms with E-state index in [0.717, 1.165) is 9.67 Å². The molecule has 0 atom stereocenters. The second kappa shape index (κ2) is 6.29. The Morgan fingerprint density at radius 3 is 2.70 bits per heavy atom. The molecule has 10 heavy (non-hydrogen) atoms. The van der Waals surface area contributed by atoms with Gasteiger partial charge < -0.3 is 0 Å². The molecule has 0 bridgehead atoms. The van der Waals surface area contributed by atoms with Crippen molar-refractivity contribution in [2.45, 2.75) is 3.91 Å². The third-order valence-electron chi connectivity index (χ3n) is 0.920. The predicted molar refractivity (Wildman–Crippen MR) is 62.6 cm³/mol. The Morgan fingerprint density at radius 1 is 1.40 bits per heavy atom.